The summed E-state index contributed by atoms with van der Waals surface area (Å²) in [6.07, 6.45) is 0. The van der Waals surface area contributed by atoms with E-state index in [-0.39, 0.29) is 45.3 Å². The molecule has 0 spiro atoms. The Hall–Kier alpha value is -0.680. The number of hydrogen-bond donors (Lipinski definition) is 0. The van der Waals surface area contributed by atoms with E-state index in [0.717, 1.165) is 4.88 Å². The van der Waals surface area contributed by atoms with Crippen LogP contribution in [0.5, 0.6) is 0 Å². The Kier molecular flexibility index (Phi) is 5.70. The van der Waals surface area contributed by atoms with Gasteiger partial charge in [0.1, 0.15) is 9.10 Å². The molecule has 0 amide bonds. The van der Waals surface area contributed by atoms with Gasteiger partial charge in [-0.2, -0.15) is 8.61 Å². The molecule has 3 rings (SSSR count). The summed E-state index contributed by atoms with van der Waals surface area (Å²) in [4.78, 5) is 0.831. The zero-order chi connectivity index (χ0) is 19.1. The molecule has 0 bridgehead atoms. The van der Waals surface area contributed by atoms with Crippen LogP contribution in [0.1, 0.15) is 4.88 Å². The summed E-state index contributed by atoms with van der Waals surface area (Å²) < 4.78 is 53.7. The maximum atomic E-state index is 12.8. The largest absolute Gasteiger partial charge is 0.252 e. The van der Waals surface area contributed by atoms with Crippen molar-refractivity contribution >= 4 is 54.6 Å². The van der Waals surface area contributed by atoms with Crippen LogP contribution in [0.2, 0.25) is 10.0 Å². The SMILES string of the molecule is Cc1ccc(S(=O)(=O)N2CCN(S(=O)(=O)c3cc(Cl)ccc3Cl)CC2)s1. The molecule has 11 heteroatoms. The summed E-state index contributed by atoms with van der Waals surface area (Å²) in [5.41, 5.74) is 0. The zero-order valence-electron chi connectivity index (χ0n) is 13.7. The minimum Gasteiger partial charge on any atom is -0.207 e. The van der Waals surface area contributed by atoms with Crippen LogP contribution in [-0.4, -0.2) is 51.6 Å². The molecule has 0 radical (unpaired) electrons. The van der Waals surface area contributed by atoms with Gasteiger partial charge in [-0.25, -0.2) is 16.8 Å². The molecular formula is C15H16Cl2N2O4S3. The van der Waals surface area contributed by atoms with Crippen molar-refractivity contribution in [2.45, 2.75) is 16.0 Å². The smallest absolute Gasteiger partial charge is 0.207 e. The van der Waals surface area contributed by atoms with Crippen LogP contribution in [0.3, 0.4) is 0 Å². The molecule has 1 aliphatic heterocycles. The van der Waals surface area contributed by atoms with Gasteiger partial charge in [-0.15, -0.1) is 11.3 Å². The van der Waals surface area contributed by atoms with Crippen molar-refractivity contribution in [1.82, 2.24) is 8.61 Å². The van der Waals surface area contributed by atoms with E-state index < -0.39 is 20.0 Å². The lowest BCUT2D eigenvalue weighted by Crippen LogP contribution is -2.50. The topological polar surface area (TPSA) is 74.8 Å². The molecule has 6 nitrogen and oxygen atoms in total. The van der Waals surface area contributed by atoms with Gasteiger partial charge >= 0.3 is 0 Å². The third-order valence-corrected chi connectivity index (χ3v) is 10.0. The second-order valence-electron chi connectivity index (χ2n) is 5.75. The molecule has 1 saturated heterocycles. The molecule has 26 heavy (non-hydrogen) atoms. The lowest BCUT2D eigenvalue weighted by Gasteiger charge is -2.33. The van der Waals surface area contributed by atoms with Gasteiger partial charge in [0, 0.05) is 36.1 Å². The van der Waals surface area contributed by atoms with E-state index in [0.29, 0.717) is 0 Å². The van der Waals surface area contributed by atoms with E-state index in [2.05, 4.69) is 0 Å². The first-order chi connectivity index (χ1) is 12.1. The highest BCUT2D eigenvalue weighted by molar-refractivity contribution is 7.91. The number of nitrogens with zero attached hydrogens (tertiary/aromatic N) is 2. The molecule has 1 aromatic heterocycles. The Morgan fingerprint density at radius 1 is 0.885 bits per heavy atom. The molecule has 142 valence electrons. The van der Waals surface area contributed by atoms with Crippen molar-refractivity contribution < 1.29 is 16.8 Å². The second kappa shape index (κ2) is 7.38. The van der Waals surface area contributed by atoms with E-state index in [1.807, 2.05) is 6.92 Å². The van der Waals surface area contributed by atoms with E-state index in [9.17, 15) is 16.8 Å². The molecule has 2 aromatic rings. The molecule has 1 aliphatic rings. The quantitative estimate of drug-likeness (QED) is 0.711. The van der Waals surface area contributed by atoms with Crippen molar-refractivity contribution in [3.8, 4) is 0 Å². The molecule has 1 fully saturated rings. The number of hydrogen-bond acceptors (Lipinski definition) is 5. The Labute approximate surface area is 167 Å². The summed E-state index contributed by atoms with van der Waals surface area (Å²) in [6, 6.07) is 7.56. The minimum atomic E-state index is -3.85. The number of benzene rings is 1. The maximum Gasteiger partial charge on any atom is 0.252 e. The Balaban J connectivity index is 1.79. The molecule has 1 aromatic carbocycles. The Morgan fingerprint density at radius 3 is 2.00 bits per heavy atom. The molecule has 0 aliphatic carbocycles. The highest BCUT2D eigenvalue weighted by Gasteiger charge is 2.35. The summed E-state index contributed by atoms with van der Waals surface area (Å²) >= 11 is 13.1. The van der Waals surface area contributed by atoms with Crippen molar-refractivity contribution in [2.24, 2.45) is 0 Å². The zero-order valence-corrected chi connectivity index (χ0v) is 17.7. The maximum absolute atomic E-state index is 12.8. The van der Waals surface area contributed by atoms with Crippen LogP contribution in [0, 0.1) is 6.92 Å². The third kappa shape index (κ3) is 3.80. The highest BCUT2D eigenvalue weighted by atomic mass is 35.5. The van der Waals surface area contributed by atoms with E-state index in [1.165, 1.54) is 38.1 Å². The normalized spacial score (nSPS) is 17.5. The lowest BCUT2D eigenvalue weighted by molar-refractivity contribution is 0.273. The number of thiophene rings is 1. The van der Waals surface area contributed by atoms with Crippen LogP contribution >= 0.6 is 34.5 Å². The van der Waals surface area contributed by atoms with Crippen LogP contribution in [-0.2, 0) is 20.0 Å². The number of rotatable bonds is 4. The first-order valence-electron chi connectivity index (χ1n) is 7.64. The predicted octanol–water partition coefficient (Wildman–Crippen LogP) is 3.06. The van der Waals surface area contributed by atoms with E-state index in [4.69, 9.17) is 23.2 Å². The predicted molar refractivity (Wildman–Crippen MR) is 103 cm³/mol. The van der Waals surface area contributed by atoms with Gasteiger partial charge in [0.05, 0.1) is 5.02 Å². The summed E-state index contributed by atoms with van der Waals surface area (Å²) in [5, 5.41) is 0.348. The van der Waals surface area contributed by atoms with Gasteiger partial charge in [0.15, 0.2) is 0 Å². The number of aryl methyl sites for hydroxylation is 1. The van der Waals surface area contributed by atoms with Gasteiger partial charge in [0.25, 0.3) is 10.0 Å². The minimum absolute atomic E-state index is 0.0504. The van der Waals surface area contributed by atoms with Crippen molar-refractivity contribution in [1.29, 1.82) is 0 Å². The van der Waals surface area contributed by atoms with Gasteiger partial charge in [-0.1, -0.05) is 23.2 Å². The molecule has 0 saturated carbocycles. The Morgan fingerprint density at radius 2 is 1.46 bits per heavy atom. The summed E-state index contributed by atoms with van der Waals surface area (Å²) in [7, 11) is -7.45. The average molecular weight is 455 g/mol. The number of sulfonamides is 2. The van der Waals surface area contributed by atoms with Crippen molar-refractivity contribution in [2.75, 3.05) is 26.2 Å². The number of piperazine rings is 1. The van der Waals surface area contributed by atoms with Crippen LogP contribution in [0.4, 0.5) is 0 Å². The second-order valence-corrected chi connectivity index (χ2v) is 12.0. The first-order valence-corrected chi connectivity index (χ1v) is 12.1. The monoisotopic (exact) mass is 454 g/mol. The standard InChI is InChI=1S/C15H16Cl2N2O4S3/c1-11-2-5-15(24-11)26(22,23)19-8-6-18(7-9-19)25(20,21)14-10-12(16)3-4-13(14)17/h2-5,10H,6-9H2,1H3. The number of halogens is 2. The van der Waals surface area contributed by atoms with Crippen LogP contribution in [0.25, 0.3) is 0 Å². The lowest BCUT2D eigenvalue weighted by atomic mass is 10.4. The summed E-state index contributed by atoms with van der Waals surface area (Å²) in [6.45, 7) is 2.10. The van der Waals surface area contributed by atoms with Gasteiger partial charge < -0.3 is 0 Å². The van der Waals surface area contributed by atoms with Crippen LogP contribution < -0.4 is 0 Å². The molecule has 2 heterocycles. The van der Waals surface area contributed by atoms with Crippen molar-refractivity contribution in [3.05, 3.63) is 45.3 Å². The van der Waals surface area contributed by atoms with E-state index in [1.54, 1.807) is 12.1 Å². The van der Waals surface area contributed by atoms with Crippen LogP contribution in [0.15, 0.2) is 39.4 Å². The molecule has 0 atom stereocenters. The fraction of sp³-hybridized carbons (Fsp3) is 0.333. The molecule has 0 unspecified atom stereocenters. The molecular weight excluding hydrogens is 439 g/mol. The van der Waals surface area contributed by atoms with Crippen molar-refractivity contribution in [3.63, 3.8) is 0 Å². The Bertz CT molecular complexity index is 1030. The van der Waals surface area contributed by atoms with Gasteiger partial charge in [0.2, 0.25) is 10.0 Å². The summed E-state index contributed by atoms with van der Waals surface area (Å²) in [5.74, 6) is 0. The average Bonchev–Trinajstić information content (AvgIpc) is 3.04. The highest BCUT2D eigenvalue weighted by Crippen LogP contribution is 2.30. The van der Waals surface area contributed by atoms with Gasteiger partial charge in [-0.3, -0.25) is 0 Å². The third-order valence-electron chi connectivity index (χ3n) is 4.02. The van der Waals surface area contributed by atoms with E-state index >= 15 is 0 Å². The fourth-order valence-electron chi connectivity index (χ4n) is 2.64. The van der Waals surface area contributed by atoms with Gasteiger partial charge in [-0.05, 0) is 37.3 Å². The first kappa shape index (κ1) is 20.1. The fourth-order valence-corrected chi connectivity index (χ4v) is 7.66. The molecule has 0 N–H and O–H groups in total.